The fourth-order valence-electron chi connectivity index (χ4n) is 3.08. The Kier molecular flexibility index (Phi) is 5.67. The molecule has 5 rings (SSSR count). The number of carbonyl (C=O) groups excluding carboxylic acids is 1. The highest BCUT2D eigenvalue weighted by Crippen LogP contribution is 2.32. The highest BCUT2D eigenvalue weighted by atomic mass is 79.9. The van der Waals surface area contributed by atoms with Gasteiger partial charge >= 0.3 is 0 Å². The number of aromatic nitrogens is 2. The second-order valence-electron chi connectivity index (χ2n) is 6.85. The number of benzene rings is 3. The van der Waals surface area contributed by atoms with Gasteiger partial charge in [0.05, 0.1) is 37.1 Å². The molecule has 2 heterocycles. The van der Waals surface area contributed by atoms with Gasteiger partial charge in [-0.2, -0.15) is 10.1 Å². The van der Waals surface area contributed by atoms with Crippen LogP contribution in [-0.4, -0.2) is 27.0 Å². The number of hydrogen-bond donors (Lipinski definition) is 0. The second-order valence-corrected chi connectivity index (χ2v) is 9.66. The quantitative estimate of drug-likeness (QED) is 0.149. The first-order valence-corrected chi connectivity index (χ1v) is 12.0. The lowest BCUT2D eigenvalue weighted by molar-refractivity contribution is -0.384. The summed E-state index contributed by atoms with van der Waals surface area (Å²) in [5, 5.41) is 17.0. The van der Waals surface area contributed by atoms with Gasteiger partial charge in [0.2, 0.25) is 5.13 Å². The molecule has 0 spiro atoms. The molecule has 0 aliphatic carbocycles. The summed E-state index contributed by atoms with van der Waals surface area (Å²) in [6.07, 6.45) is 1.48. The summed E-state index contributed by atoms with van der Waals surface area (Å²) in [7, 11) is 0. The molecule has 0 bridgehead atoms. The van der Waals surface area contributed by atoms with Gasteiger partial charge < -0.3 is 0 Å². The van der Waals surface area contributed by atoms with Crippen molar-refractivity contribution in [2.45, 2.75) is 0 Å². The number of carbonyl (C=O) groups is 1. The normalized spacial score (nSPS) is 11.4. The zero-order chi connectivity index (χ0) is 22.9. The van der Waals surface area contributed by atoms with Crippen LogP contribution in [0.1, 0.15) is 15.9 Å². The molecule has 2 aromatic heterocycles. The number of fused-ring (bicyclic) bond motifs is 2. The lowest BCUT2D eigenvalue weighted by atomic mass is 10.2. The molecule has 0 atom stereocenters. The van der Waals surface area contributed by atoms with Gasteiger partial charge in [-0.1, -0.05) is 27.3 Å². The van der Waals surface area contributed by atoms with Crippen LogP contribution in [0.5, 0.6) is 0 Å². The van der Waals surface area contributed by atoms with Crippen molar-refractivity contribution in [2.75, 3.05) is 5.01 Å². The highest BCUT2D eigenvalue weighted by Gasteiger charge is 2.22. The first kappa shape index (κ1) is 21.3. The maximum Gasteiger partial charge on any atom is 0.280 e. The van der Waals surface area contributed by atoms with Crippen LogP contribution in [0.4, 0.5) is 10.8 Å². The summed E-state index contributed by atoms with van der Waals surface area (Å²) in [4.78, 5) is 32.8. The zero-order valence-electron chi connectivity index (χ0n) is 16.6. The van der Waals surface area contributed by atoms with E-state index in [1.54, 1.807) is 35.8 Å². The van der Waals surface area contributed by atoms with E-state index in [0.717, 1.165) is 24.9 Å². The molecule has 0 radical (unpaired) electrons. The van der Waals surface area contributed by atoms with E-state index in [1.165, 1.54) is 46.0 Å². The van der Waals surface area contributed by atoms with E-state index < -0.39 is 4.92 Å². The lowest BCUT2D eigenvalue weighted by Crippen LogP contribution is -2.25. The van der Waals surface area contributed by atoms with Crippen LogP contribution in [0.2, 0.25) is 0 Å². The van der Waals surface area contributed by atoms with Gasteiger partial charge in [-0.3, -0.25) is 14.9 Å². The summed E-state index contributed by atoms with van der Waals surface area (Å²) >= 11 is 6.25. The van der Waals surface area contributed by atoms with E-state index in [1.807, 2.05) is 18.2 Å². The number of halogens is 1. The van der Waals surface area contributed by atoms with Crippen molar-refractivity contribution in [1.82, 2.24) is 9.97 Å². The van der Waals surface area contributed by atoms with Gasteiger partial charge in [0.15, 0.2) is 0 Å². The number of rotatable bonds is 5. The van der Waals surface area contributed by atoms with Crippen LogP contribution in [0, 0.1) is 10.1 Å². The number of non-ortho nitro benzene ring substituents is 1. The van der Waals surface area contributed by atoms with Crippen molar-refractivity contribution in [3.63, 3.8) is 0 Å². The fraction of sp³-hybridized carbons (Fsp3) is 0. The number of nitro benzene ring substituents is 1. The third-order valence-corrected chi connectivity index (χ3v) is 7.00. The molecule has 11 heteroatoms. The minimum Gasteiger partial charge on any atom is -0.267 e. The topological polar surface area (TPSA) is 102 Å². The van der Waals surface area contributed by atoms with Crippen molar-refractivity contribution in [2.24, 2.45) is 5.10 Å². The smallest absolute Gasteiger partial charge is 0.267 e. The van der Waals surface area contributed by atoms with E-state index in [-0.39, 0.29) is 11.6 Å². The molecule has 0 N–H and O–H groups in total. The average molecular weight is 538 g/mol. The van der Waals surface area contributed by atoms with Gasteiger partial charge in [-0.15, -0.1) is 11.3 Å². The third kappa shape index (κ3) is 4.38. The molecular weight excluding hydrogens is 526 g/mol. The van der Waals surface area contributed by atoms with Crippen LogP contribution in [0.15, 0.2) is 75.7 Å². The number of nitro groups is 1. The molecule has 3 aromatic carbocycles. The van der Waals surface area contributed by atoms with Crippen LogP contribution < -0.4 is 5.01 Å². The van der Waals surface area contributed by atoms with Crippen LogP contribution >= 0.6 is 38.6 Å². The van der Waals surface area contributed by atoms with Crippen molar-refractivity contribution in [1.29, 1.82) is 0 Å². The lowest BCUT2D eigenvalue weighted by Gasteiger charge is -2.14. The number of thiazole rings is 2. The standard InChI is InChI=1S/C22H12BrN5O3S2/c23-15-4-8-18-20(10-15)33-22(26-18)27(25-11-13-1-5-16(6-2-13)28(30)31)21(29)14-3-7-17-19(9-14)32-12-24-17/h1-12H/b25-11+. The number of anilines is 1. The van der Waals surface area contributed by atoms with E-state index >= 15 is 0 Å². The van der Waals surface area contributed by atoms with Gasteiger partial charge in [-0.05, 0) is 54.1 Å². The Balaban J connectivity index is 1.55. The first-order chi connectivity index (χ1) is 16.0. The molecule has 0 saturated heterocycles. The van der Waals surface area contributed by atoms with Gasteiger partial charge in [-0.25, -0.2) is 9.97 Å². The van der Waals surface area contributed by atoms with Crippen molar-refractivity contribution >= 4 is 82.0 Å². The summed E-state index contributed by atoms with van der Waals surface area (Å²) in [5.41, 5.74) is 4.35. The predicted molar refractivity (Wildman–Crippen MR) is 134 cm³/mol. The number of hydrogen-bond acceptors (Lipinski definition) is 8. The molecular formula is C22H12BrN5O3S2. The van der Waals surface area contributed by atoms with Gasteiger partial charge in [0, 0.05) is 22.2 Å². The maximum absolute atomic E-state index is 13.5. The molecule has 0 fully saturated rings. The maximum atomic E-state index is 13.5. The Morgan fingerprint density at radius 1 is 1.06 bits per heavy atom. The predicted octanol–water partition coefficient (Wildman–Crippen LogP) is 6.26. The first-order valence-electron chi connectivity index (χ1n) is 9.50. The molecule has 1 amide bonds. The summed E-state index contributed by atoms with van der Waals surface area (Å²) < 4.78 is 2.71. The Labute approximate surface area is 203 Å². The Morgan fingerprint density at radius 3 is 2.64 bits per heavy atom. The molecule has 33 heavy (non-hydrogen) atoms. The van der Waals surface area contributed by atoms with Crippen LogP contribution in [-0.2, 0) is 0 Å². The van der Waals surface area contributed by atoms with Crippen molar-refractivity contribution in [3.05, 3.63) is 91.9 Å². The van der Waals surface area contributed by atoms with E-state index in [2.05, 4.69) is 31.0 Å². The zero-order valence-corrected chi connectivity index (χ0v) is 19.8. The number of nitrogens with zero attached hydrogens (tertiary/aromatic N) is 5. The SMILES string of the molecule is O=C(c1ccc2ncsc2c1)N(/N=C/c1ccc([N+](=O)[O-])cc1)c1nc2ccc(Br)cc2s1. The minimum atomic E-state index is -0.467. The Hall–Kier alpha value is -3.54. The largest absolute Gasteiger partial charge is 0.280 e. The van der Waals surface area contributed by atoms with Crippen molar-refractivity contribution < 1.29 is 9.72 Å². The Bertz CT molecular complexity index is 1550. The number of hydrazone groups is 1. The van der Waals surface area contributed by atoms with E-state index in [9.17, 15) is 14.9 Å². The average Bonchev–Trinajstić information content (AvgIpc) is 3.45. The monoisotopic (exact) mass is 537 g/mol. The fourth-order valence-corrected chi connectivity index (χ4v) is 5.27. The summed E-state index contributed by atoms with van der Waals surface area (Å²) in [6.45, 7) is 0. The molecule has 162 valence electrons. The van der Waals surface area contributed by atoms with Crippen LogP contribution in [0.25, 0.3) is 20.4 Å². The van der Waals surface area contributed by atoms with Gasteiger partial charge in [0.25, 0.3) is 11.6 Å². The molecule has 0 aliphatic heterocycles. The minimum absolute atomic E-state index is 0.0188. The van der Waals surface area contributed by atoms with E-state index in [0.29, 0.717) is 16.3 Å². The Morgan fingerprint density at radius 2 is 1.85 bits per heavy atom. The molecule has 5 aromatic rings. The second kappa shape index (κ2) is 8.77. The summed E-state index contributed by atoms with van der Waals surface area (Å²) in [6, 6.07) is 16.9. The van der Waals surface area contributed by atoms with E-state index in [4.69, 9.17) is 0 Å². The third-order valence-electron chi connectivity index (χ3n) is 4.72. The summed E-state index contributed by atoms with van der Waals surface area (Å²) in [5.74, 6) is -0.346. The highest BCUT2D eigenvalue weighted by molar-refractivity contribution is 9.10. The molecule has 0 aliphatic rings. The molecule has 0 unspecified atom stereocenters. The number of amides is 1. The van der Waals surface area contributed by atoms with Gasteiger partial charge in [0.1, 0.15) is 0 Å². The molecule has 0 saturated carbocycles. The van der Waals surface area contributed by atoms with Crippen molar-refractivity contribution in [3.8, 4) is 0 Å². The van der Waals surface area contributed by atoms with Crippen LogP contribution in [0.3, 0.4) is 0 Å². The molecule has 8 nitrogen and oxygen atoms in total.